The zero-order valence-electron chi connectivity index (χ0n) is 7.56. The SMILES string of the molecule is CC(C)N1CCC12CCNC2. The number of nitrogens with one attached hydrogen (secondary N) is 1. The average molecular weight is 154 g/mol. The summed E-state index contributed by atoms with van der Waals surface area (Å²) in [4.78, 5) is 2.65. The summed E-state index contributed by atoms with van der Waals surface area (Å²) in [6.07, 6.45) is 2.78. The van der Waals surface area contributed by atoms with Gasteiger partial charge in [-0.25, -0.2) is 0 Å². The maximum Gasteiger partial charge on any atom is 0.0360 e. The van der Waals surface area contributed by atoms with Crippen LogP contribution in [0.5, 0.6) is 0 Å². The van der Waals surface area contributed by atoms with Crippen molar-refractivity contribution in [3.05, 3.63) is 0 Å². The Morgan fingerprint density at radius 1 is 1.36 bits per heavy atom. The third kappa shape index (κ3) is 1.00. The quantitative estimate of drug-likeness (QED) is 0.602. The summed E-state index contributed by atoms with van der Waals surface area (Å²) >= 11 is 0. The summed E-state index contributed by atoms with van der Waals surface area (Å²) in [7, 11) is 0. The van der Waals surface area contributed by atoms with Gasteiger partial charge in [0.1, 0.15) is 0 Å². The van der Waals surface area contributed by atoms with Gasteiger partial charge in [-0.15, -0.1) is 0 Å². The molecule has 2 heteroatoms. The molecule has 2 heterocycles. The van der Waals surface area contributed by atoms with Gasteiger partial charge in [0, 0.05) is 24.7 Å². The van der Waals surface area contributed by atoms with Crippen LogP contribution in [0.15, 0.2) is 0 Å². The highest BCUT2D eigenvalue weighted by Gasteiger charge is 2.47. The van der Waals surface area contributed by atoms with E-state index >= 15 is 0 Å². The van der Waals surface area contributed by atoms with Gasteiger partial charge in [0.15, 0.2) is 0 Å². The van der Waals surface area contributed by atoms with E-state index in [0.717, 1.165) is 6.04 Å². The van der Waals surface area contributed by atoms with Gasteiger partial charge in [-0.05, 0) is 33.2 Å². The second-order valence-corrected chi connectivity index (χ2v) is 4.19. The van der Waals surface area contributed by atoms with Crippen LogP contribution in [0.3, 0.4) is 0 Å². The van der Waals surface area contributed by atoms with Gasteiger partial charge >= 0.3 is 0 Å². The number of rotatable bonds is 1. The topological polar surface area (TPSA) is 15.3 Å². The van der Waals surface area contributed by atoms with Crippen molar-refractivity contribution >= 4 is 0 Å². The van der Waals surface area contributed by atoms with E-state index in [1.807, 2.05) is 0 Å². The van der Waals surface area contributed by atoms with Crippen LogP contribution in [0.4, 0.5) is 0 Å². The zero-order chi connectivity index (χ0) is 7.90. The molecule has 64 valence electrons. The molecule has 2 aliphatic rings. The Morgan fingerprint density at radius 3 is 2.55 bits per heavy atom. The fraction of sp³-hybridized carbons (Fsp3) is 1.00. The molecule has 0 bridgehead atoms. The summed E-state index contributed by atoms with van der Waals surface area (Å²) in [6.45, 7) is 8.38. The van der Waals surface area contributed by atoms with Gasteiger partial charge in [-0.2, -0.15) is 0 Å². The molecule has 0 aromatic carbocycles. The lowest BCUT2D eigenvalue weighted by Crippen LogP contribution is -2.63. The Hall–Kier alpha value is -0.0800. The minimum atomic E-state index is 0.578. The van der Waals surface area contributed by atoms with Crippen LogP contribution in [0.25, 0.3) is 0 Å². The number of hydrogen-bond acceptors (Lipinski definition) is 2. The average Bonchev–Trinajstić information content (AvgIpc) is 2.31. The van der Waals surface area contributed by atoms with Gasteiger partial charge in [0.2, 0.25) is 0 Å². The predicted octanol–water partition coefficient (Wildman–Crippen LogP) is 0.833. The first-order valence-corrected chi connectivity index (χ1v) is 4.72. The molecule has 1 N–H and O–H groups in total. The van der Waals surface area contributed by atoms with Crippen LogP contribution in [-0.4, -0.2) is 36.1 Å². The Morgan fingerprint density at radius 2 is 2.18 bits per heavy atom. The molecular weight excluding hydrogens is 136 g/mol. The summed E-state index contributed by atoms with van der Waals surface area (Å²) in [5.74, 6) is 0. The molecule has 0 radical (unpaired) electrons. The van der Waals surface area contributed by atoms with E-state index < -0.39 is 0 Å². The van der Waals surface area contributed by atoms with Crippen molar-refractivity contribution in [3.63, 3.8) is 0 Å². The molecule has 0 aromatic heterocycles. The first-order chi connectivity index (χ1) is 5.25. The molecule has 0 aromatic rings. The summed E-state index contributed by atoms with van der Waals surface area (Å²) in [5, 5.41) is 3.46. The van der Waals surface area contributed by atoms with Crippen molar-refractivity contribution in [1.82, 2.24) is 10.2 Å². The first-order valence-electron chi connectivity index (χ1n) is 4.72. The zero-order valence-corrected chi connectivity index (χ0v) is 7.56. The lowest BCUT2D eigenvalue weighted by Gasteiger charge is -2.53. The summed E-state index contributed by atoms with van der Waals surface area (Å²) in [6, 6.07) is 0.739. The Bertz CT molecular complexity index is 148. The van der Waals surface area contributed by atoms with Gasteiger partial charge in [0.25, 0.3) is 0 Å². The van der Waals surface area contributed by atoms with Gasteiger partial charge in [-0.3, -0.25) is 4.90 Å². The Labute approximate surface area is 69.0 Å². The summed E-state index contributed by atoms with van der Waals surface area (Å²) in [5.41, 5.74) is 0.578. The minimum absolute atomic E-state index is 0.578. The van der Waals surface area contributed by atoms with Crippen LogP contribution in [0.1, 0.15) is 26.7 Å². The van der Waals surface area contributed by atoms with Crippen molar-refractivity contribution in [2.24, 2.45) is 0 Å². The largest absolute Gasteiger partial charge is 0.315 e. The van der Waals surface area contributed by atoms with Crippen molar-refractivity contribution in [1.29, 1.82) is 0 Å². The van der Waals surface area contributed by atoms with Crippen molar-refractivity contribution in [2.45, 2.75) is 38.3 Å². The molecular formula is C9H18N2. The first kappa shape index (κ1) is 7.56. The second-order valence-electron chi connectivity index (χ2n) is 4.19. The lowest BCUT2D eigenvalue weighted by atomic mass is 9.82. The third-order valence-corrected chi connectivity index (χ3v) is 3.27. The van der Waals surface area contributed by atoms with Crippen molar-refractivity contribution < 1.29 is 0 Å². The van der Waals surface area contributed by atoms with Gasteiger partial charge < -0.3 is 5.32 Å². The molecule has 2 aliphatic heterocycles. The van der Waals surface area contributed by atoms with Gasteiger partial charge in [0.05, 0.1) is 0 Å². The smallest absolute Gasteiger partial charge is 0.0360 e. The van der Waals surface area contributed by atoms with E-state index in [9.17, 15) is 0 Å². The van der Waals surface area contributed by atoms with E-state index in [-0.39, 0.29) is 0 Å². The van der Waals surface area contributed by atoms with Crippen LogP contribution >= 0.6 is 0 Å². The predicted molar refractivity (Wildman–Crippen MR) is 46.7 cm³/mol. The minimum Gasteiger partial charge on any atom is -0.315 e. The normalized spacial score (nSPS) is 38.5. The highest BCUT2D eigenvalue weighted by molar-refractivity contribution is 5.05. The number of nitrogens with zero attached hydrogens (tertiary/aromatic N) is 1. The van der Waals surface area contributed by atoms with E-state index in [1.165, 1.54) is 32.5 Å². The highest BCUT2D eigenvalue weighted by Crippen LogP contribution is 2.37. The molecule has 2 fully saturated rings. The van der Waals surface area contributed by atoms with Crippen LogP contribution in [-0.2, 0) is 0 Å². The molecule has 0 saturated carbocycles. The van der Waals surface area contributed by atoms with Crippen molar-refractivity contribution in [2.75, 3.05) is 19.6 Å². The molecule has 11 heavy (non-hydrogen) atoms. The lowest BCUT2D eigenvalue weighted by molar-refractivity contribution is -0.0250. The maximum absolute atomic E-state index is 3.46. The standard InChI is InChI=1S/C9H18N2/c1-8(2)11-6-4-9(11)3-5-10-7-9/h8,10H,3-7H2,1-2H3. The van der Waals surface area contributed by atoms with E-state index in [2.05, 4.69) is 24.1 Å². The molecule has 0 amide bonds. The highest BCUT2D eigenvalue weighted by atomic mass is 15.3. The number of likely N-dealkylation sites (tertiary alicyclic amines) is 1. The fourth-order valence-electron chi connectivity index (χ4n) is 2.55. The van der Waals surface area contributed by atoms with E-state index in [4.69, 9.17) is 0 Å². The van der Waals surface area contributed by atoms with Crippen molar-refractivity contribution in [3.8, 4) is 0 Å². The van der Waals surface area contributed by atoms with Crippen LogP contribution in [0, 0.1) is 0 Å². The van der Waals surface area contributed by atoms with Gasteiger partial charge in [-0.1, -0.05) is 0 Å². The Balaban J connectivity index is 2.03. The third-order valence-electron chi connectivity index (χ3n) is 3.27. The Kier molecular flexibility index (Phi) is 1.69. The van der Waals surface area contributed by atoms with Crippen LogP contribution in [0.2, 0.25) is 0 Å². The number of hydrogen-bond donors (Lipinski definition) is 1. The van der Waals surface area contributed by atoms with E-state index in [0.29, 0.717) is 5.54 Å². The maximum atomic E-state index is 3.46. The molecule has 1 spiro atoms. The molecule has 2 rings (SSSR count). The molecule has 0 aliphatic carbocycles. The monoisotopic (exact) mass is 154 g/mol. The fourth-order valence-corrected chi connectivity index (χ4v) is 2.55. The van der Waals surface area contributed by atoms with Crippen LogP contribution < -0.4 is 5.32 Å². The second kappa shape index (κ2) is 2.46. The molecule has 1 atom stereocenters. The molecule has 2 saturated heterocycles. The molecule has 2 nitrogen and oxygen atoms in total. The molecule has 1 unspecified atom stereocenters. The summed E-state index contributed by atoms with van der Waals surface area (Å²) < 4.78 is 0. The van der Waals surface area contributed by atoms with E-state index in [1.54, 1.807) is 0 Å².